The Morgan fingerprint density at radius 3 is 2.55 bits per heavy atom. The lowest BCUT2D eigenvalue weighted by Gasteiger charge is -2.36. The van der Waals surface area contributed by atoms with Crippen molar-refractivity contribution in [3.63, 3.8) is 0 Å². The number of hydrogen-bond acceptors (Lipinski definition) is 7. The van der Waals surface area contributed by atoms with E-state index < -0.39 is 11.9 Å². The van der Waals surface area contributed by atoms with Gasteiger partial charge in [-0.1, -0.05) is 11.6 Å². The lowest BCUT2D eigenvalue weighted by molar-refractivity contribution is -0.140. The van der Waals surface area contributed by atoms with E-state index in [4.69, 9.17) is 17.3 Å². The molecule has 42 heavy (non-hydrogen) atoms. The Kier molecular flexibility index (Phi) is 7.27. The van der Waals surface area contributed by atoms with E-state index in [1.165, 1.54) is 29.2 Å². The molecule has 6 rings (SSSR count). The molecule has 4 N–H and O–H groups in total. The second kappa shape index (κ2) is 10.9. The van der Waals surface area contributed by atoms with E-state index in [-0.39, 0.29) is 51.5 Å². The van der Waals surface area contributed by atoms with Crippen LogP contribution in [0.2, 0.25) is 5.02 Å². The highest BCUT2D eigenvalue weighted by molar-refractivity contribution is 6.34. The van der Waals surface area contributed by atoms with Gasteiger partial charge in [0, 0.05) is 62.4 Å². The Morgan fingerprint density at radius 1 is 1.10 bits per heavy atom. The molecule has 0 spiro atoms. The molecule has 15 heteroatoms. The summed E-state index contributed by atoms with van der Waals surface area (Å²) < 4.78 is 41.7. The number of amides is 2. The van der Waals surface area contributed by atoms with E-state index >= 15 is 0 Å². The molecule has 1 saturated heterocycles. The van der Waals surface area contributed by atoms with Crippen LogP contribution in [0.25, 0.3) is 16.9 Å². The lowest BCUT2D eigenvalue weighted by atomic mass is 10.1. The highest BCUT2D eigenvalue weighted by atomic mass is 35.5. The normalized spacial score (nSPS) is 19.5. The van der Waals surface area contributed by atoms with Crippen LogP contribution in [0.3, 0.4) is 0 Å². The van der Waals surface area contributed by atoms with Crippen LogP contribution in [0, 0.1) is 5.92 Å². The number of anilines is 2. The summed E-state index contributed by atoms with van der Waals surface area (Å²) in [5.74, 6) is 0.121. The van der Waals surface area contributed by atoms with Crippen LogP contribution in [0.15, 0.2) is 43.0 Å². The number of fused-ring (bicyclic) bond motifs is 1. The third-order valence-corrected chi connectivity index (χ3v) is 8.09. The van der Waals surface area contributed by atoms with Crippen molar-refractivity contribution >= 4 is 40.6 Å². The Bertz CT molecular complexity index is 1650. The van der Waals surface area contributed by atoms with E-state index in [9.17, 15) is 22.8 Å². The third kappa shape index (κ3) is 5.27. The Morgan fingerprint density at radius 2 is 1.86 bits per heavy atom. The number of hydrogen-bond donors (Lipinski definition) is 3. The van der Waals surface area contributed by atoms with Gasteiger partial charge in [0.05, 0.1) is 28.0 Å². The van der Waals surface area contributed by atoms with Crippen molar-refractivity contribution in [2.45, 2.75) is 31.5 Å². The fourth-order valence-electron chi connectivity index (χ4n) is 5.61. The number of nitrogens with one attached hydrogen (secondary N) is 2. The minimum atomic E-state index is -4.64. The molecule has 1 aliphatic carbocycles. The van der Waals surface area contributed by atoms with Crippen LogP contribution in [0.4, 0.5) is 24.7 Å². The molecule has 1 saturated carbocycles. The van der Waals surface area contributed by atoms with Crippen molar-refractivity contribution in [2.75, 3.05) is 31.5 Å². The average molecular weight is 602 g/mol. The molecular formula is C27H27ClF3N9O2. The zero-order chi connectivity index (χ0) is 29.6. The smallest absolute Gasteiger partial charge is 0.339 e. The molecule has 2 fully saturated rings. The molecule has 0 radical (unpaired) electrons. The number of benzene rings is 1. The summed E-state index contributed by atoms with van der Waals surface area (Å²) in [7, 11) is 0. The van der Waals surface area contributed by atoms with E-state index in [2.05, 4.69) is 25.5 Å². The first-order valence-electron chi connectivity index (χ1n) is 13.4. The molecule has 11 nitrogen and oxygen atoms in total. The Hall–Kier alpha value is -4.17. The number of nitrogens with zero attached hydrogens (tertiary/aromatic N) is 6. The van der Waals surface area contributed by atoms with Gasteiger partial charge < -0.3 is 20.9 Å². The number of piperazine rings is 1. The number of carbonyl (C=O) groups is 2. The molecule has 220 valence electrons. The van der Waals surface area contributed by atoms with Crippen molar-refractivity contribution in [2.24, 2.45) is 11.7 Å². The van der Waals surface area contributed by atoms with Gasteiger partial charge in [0.2, 0.25) is 5.91 Å². The van der Waals surface area contributed by atoms with Crippen LogP contribution in [0.1, 0.15) is 35.3 Å². The molecule has 1 aliphatic heterocycles. The monoisotopic (exact) mass is 601 g/mol. The summed E-state index contributed by atoms with van der Waals surface area (Å²) in [6.45, 7) is 1.72. The second-order valence-electron chi connectivity index (χ2n) is 10.5. The largest absolute Gasteiger partial charge is 0.435 e. The fourth-order valence-corrected chi connectivity index (χ4v) is 5.87. The molecule has 2 amide bonds. The van der Waals surface area contributed by atoms with E-state index in [0.717, 1.165) is 12.8 Å². The number of alkyl halides is 3. The van der Waals surface area contributed by atoms with Crippen molar-refractivity contribution < 1.29 is 22.8 Å². The summed E-state index contributed by atoms with van der Waals surface area (Å²) >= 11 is 6.52. The first-order valence-corrected chi connectivity index (χ1v) is 13.8. The number of nitrogens with two attached hydrogens (primary N) is 1. The Balaban J connectivity index is 1.15. The standard InChI is InChI=1S/C27H27ClF3N9O2/c28-20-12-17(3-4-18(20)26(42)39-9-7-38(8-10-39)25(41)15-1-2-16(32)11-15)36-23-24-34-14-21(40(24)6-5-33-23)19-13-35-37-22(19)27(29,30)31/h3-6,12-16H,1-2,7-11,32H2,(H,33,36)(H,35,37)/t15-,16+/m0/s1. The van der Waals surface area contributed by atoms with Crippen molar-refractivity contribution in [3.05, 3.63) is 59.3 Å². The van der Waals surface area contributed by atoms with Gasteiger partial charge in [0.15, 0.2) is 17.2 Å². The maximum atomic E-state index is 13.4. The van der Waals surface area contributed by atoms with Crippen molar-refractivity contribution in [1.82, 2.24) is 34.4 Å². The summed E-state index contributed by atoms with van der Waals surface area (Å²) in [4.78, 5) is 38.1. The zero-order valence-electron chi connectivity index (χ0n) is 22.2. The second-order valence-corrected chi connectivity index (χ2v) is 10.9. The molecule has 1 aromatic carbocycles. The molecule has 0 unspecified atom stereocenters. The highest BCUT2D eigenvalue weighted by Gasteiger charge is 2.38. The first-order chi connectivity index (χ1) is 20.1. The van der Waals surface area contributed by atoms with Crippen molar-refractivity contribution in [1.29, 1.82) is 0 Å². The van der Waals surface area contributed by atoms with Crippen LogP contribution >= 0.6 is 11.6 Å². The quantitative estimate of drug-likeness (QED) is 0.315. The fraction of sp³-hybridized carbons (Fsp3) is 0.370. The van der Waals surface area contributed by atoms with Gasteiger partial charge in [-0.2, -0.15) is 18.3 Å². The summed E-state index contributed by atoms with van der Waals surface area (Å²) in [6, 6.07) is 4.92. The predicted octanol–water partition coefficient (Wildman–Crippen LogP) is 3.95. The van der Waals surface area contributed by atoms with Crippen LogP contribution in [-0.2, 0) is 11.0 Å². The van der Waals surface area contributed by atoms with Gasteiger partial charge in [-0.3, -0.25) is 19.1 Å². The SMILES string of the molecule is N[C@@H]1CC[C@H](C(=O)N2CCN(C(=O)c3ccc(Nc4nccn5c(-c6c[nH]nc6C(F)(F)F)cnc45)cc3Cl)CC2)C1. The molecular weight excluding hydrogens is 575 g/mol. The number of halogens is 4. The topological polar surface area (TPSA) is 138 Å². The number of aromatic nitrogens is 5. The average Bonchev–Trinajstić information content (AvgIpc) is 3.72. The summed E-state index contributed by atoms with van der Waals surface area (Å²) in [5.41, 5.74) is 6.06. The molecule has 3 aromatic heterocycles. The van der Waals surface area contributed by atoms with Crippen LogP contribution in [0.5, 0.6) is 0 Å². The first kappa shape index (κ1) is 28.0. The molecule has 0 bridgehead atoms. The number of H-pyrrole nitrogens is 1. The van der Waals surface area contributed by atoms with Gasteiger partial charge in [-0.05, 0) is 37.5 Å². The van der Waals surface area contributed by atoms with Gasteiger partial charge in [0.1, 0.15) is 0 Å². The number of imidazole rings is 1. The number of rotatable bonds is 5. The molecule has 4 aromatic rings. The maximum Gasteiger partial charge on any atom is 0.435 e. The van der Waals surface area contributed by atoms with Gasteiger partial charge >= 0.3 is 6.18 Å². The zero-order valence-corrected chi connectivity index (χ0v) is 23.0. The van der Waals surface area contributed by atoms with E-state index in [1.807, 2.05) is 4.90 Å². The van der Waals surface area contributed by atoms with Gasteiger partial charge in [-0.25, -0.2) is 9.97 Å². The summed E-state index contributed by atoms with van der Waals surface area (Å²) in [6.07, 6.45) is 3.15. The molecule has 4 heterocycles. The van der Waals surface area contributed by atoms with E-state index in [0.29, 0.717) is 43.9 Å². The van der Waals surface area contributed by atoms with Crippen LogP contribution < -0.4 is 11.1 Å². The van der Waals surface area contributed by atoms with Gasteiger partial charge in [0.25, 0.3) is 5.91 Å². The van der Waals surface area contributed by atoms with Gasteiger partial charge in [-0.15, -0.1) is 0 Å². The highest BCUT2D eigenvalue weighted by Crippen LogP contribution is 2.36. The molecule has 2 aliphatic rings. The summed E-state index contributed by atoms with van der Waals surface area (Å²) in [5, 5.41) is 8.91. The van der Waals surface area contributed by atoms with Crippen molar-refractivity contribution in [3.8, 4) is 11.3 Å². The molecule has 2 atom stereocenters. The Labute approximate surface area is 242 Å². The maximum absolute atomic E-state index is 13.4. The third-order valence-electron chi connectivity index (χ3n) is 7.78. The lowest BCUT2D eigenvalue weighted by Crippen LogP contribution is -2.51. The minimum Gasteiger partial charge on any atom is -0.339 e. The minimum absolute atomic E-state index is 0.0337. The number of aromatic amines is 1. The number of carbonyl (C=O) groups excluding carboxylic acids is 2. The van der Waals surface area contributed by atoms with Crippen LogP contribution in [-0.4, -0.2) is 78.4 Å². The predicted molar refractivity (Wildman–Crippen MR) is 148 cm³/mol. The van der Waals surface area contributed by atoms with E-state index in [1.54, 1.807) is 23.1 Å².